The van der Waals surface area contributed by atoms with Crippen molar-refractivity contribution in [2.75, 3.05) is 12.4 Å². The van der Waals surface area contributed by atoms with E-state index in [-0.39, 0.29) is 17.2 Å². The van der Waals surface area contributed by atoms with Gasteiger partial charge >= 0.3 is 0 Å². The summed E-state index contributed by atoms with van der Waals surface area (Å²) in [5.41, 5.74) is 1.54. The molecule has 0 saturated heterocycles. The summed E-state index contributed by atoms with van der Waals surface area (Å²) in [4.78, 5) is 16.8. The molecule has 0 spiro atoms. The molecule has 0 radical (unpaired) electrons. The molecule has 0 aliphatic carbocycles. The number of ether oxygens (including phenoxy) is 1. The van der Waals surface area contributed by atoms with E-state index in [1.807, 2.05) is 33.8 Å². The standard InChI is InChI=1S/C18H25N3O3/c1-6-7-13(12-8-9-19-15(10-12)23-5)17(22)20-16-11-14(21-24-16)18(2,3)4/h8-11,13H,6-7H2,1-5H3,(H,20,22). The van der Waals surface area contributed by atoms with E-state index in [2.05, 4.69) is 15.5 Å². The molecule has 2 heterocycles. The molecule has 2 aromatic heterocycles. The third kappa shape index (κ3) is 4.34. The zero-order valence-corrected chi connectivity index (χ0v) is 14.9. The Labute approximate surface area is 142 Å². The number of amides is 1. The highest BCUT2D eigenvalue weighted by molar-refractivity contribution is 5.94. The minimum atomic E-state index is -0.296. The van der Waals surface area contributed by atoms with Gasteiger partial charge in [0.15, 0.2) is 0 Å². The topological polar surface area (TPSA) is 77.3 Å². The monoisotopic (exact) mass is 331 g/mol. The predicted octanol–water partition coefficient (Wildman–Crippen LogP) is 3.90. The molecule has 0 aliphatic rings. The maximum Gasteiger partial charge on any atom is 0.234 e. The van der Waals surface area contributed by atoms with Crippen LogP contribution in [-0.2, 0) is 10.2 Å². The van der Waals surface area contributed by atoms with Crippen LogP contribution in [0, 0.1) is 0 Å². The fourth-order valence-electron chi connectivity index (χ4n) is 2.39. The van der Waals surface area contributed by atoms with Crippen LogP contribution in [0.3, 0.4) is 0 Å². The number of hydrogen-bond donors (Lipinski definition) is 1. The Hall–Kier alpha value is -2.37. The maximum absolute atomic E-state index is 12.7. The van der Waals surface area contributed by atoms with Gasteiger partial charge in [0.05, 0.1) is 18.7 Å². The molecule has 24 heavy (non-hydrogen) atoms. The van der Waals surface area contributed by atoms with Crippen LogP contribution in [0.4, 0.5) is 5.88 Å². The fourth-order valence-corrected chi connectivity index (χ4v) is 2.39. The lowest BCUT2D eigenvalue weighted by Crippen LogP contribution is -2.21. The predicted molar refractivity (Wildman–Crippen MR) is 92.3 cm³/mol. The molecule has 1 N–H and O–H groups in total. The smallest absolute Gasteiger partial charge is 0.234 e. The molecule has 1 atom stereocenters. The van der Waals surface area contributed by atoms with Gasteiger partial charge in [0.2, 0.25) is 17.7 Å². The molecule has 0 saturated carbocycles. The second-order valence-electron chi connectivity index (χ2n) is 6.79. The van der Waals surface area contributed by atoms with E-state index in [1.54, 1.807) is 25.4 Å². The second kappa shape index (κ2) is 7.47. The van der Waals surface area contributed by atoms with Crippen LogP contribution in [-0.4, -0.2) is 23.2 Å². The average Bonchev–Trinajstić information content (AvgIpc) is 3.01. The van der Waals surface area contributed by atoms with Crippen LogP contribution in [0.1, 0.15) is 57.7 Å². The van der Waals surface area contributed by atoms with Crippen molar-refractivity contribution in [1.82, 2.24) is 10.1 Å². The second-order valence-corrected chi connectivity index (χ2v) is 6.79. The zero-order chi connectivity index (χ0) is 17.7. The van der Waals surface area contributed by atoms with Crippen molar-refractivity contribution in [2.45, 2.75) is 51.9 Å². The molecule has 0 fully saturated rings. The van der Waals surface area contributed by atoms with Gasteiger partial charge < -0.3 is 9.26 Å². The van der Waals surface area contributed by atoms with E-state index >= 15 is 0 Å². The van der Waals surface area contributed by atoms with Gasteiger partial charge in [0.25, 0.3) is 0 Å². The molecule has 0 aromatic carbocycles. The summed E-state index contributed by atoms with van der Waals surface area (Å²) in [6.07, 6.45) is 3.25. The summed E-state index contributed by atoms with van der Waals surface area (Å²) >= 11 is 0. The van der Waals surface area contributed by atoms with Crippen LogP contribution in [0.25, 0.3) is 0 Å². The van der Waals surface area contributed by atoms with E-state index in [4.69, 9.17) is 9.26 Å². The summed E-state index contributed by atoms with van der Waals surface area (Å²) in [6, 6.07) is 5.40. The number of aromatic nitrogens is 2. The SMILES string of the molecule is CCCC(C(=O)Nc1cc(C(C)(C)C)no1)c1ccnc(OC)c1. The number of hydrogen-bond acceptors (Lipinski definition) is 5. The molecule has 0 bridgehead atoms. The van der Waals surface area contributed by atoms with Crippen molar-refractivity contribution in [3.63, 3.8) is 0 Å². The van der Waals surface area contributed by atoms with Crippen LogP contribution < -0.4 is 10.1 Å². The van der Waals surface area contributed by atoms with Gasteiger partial charge in [0, 0.05) is 23.7 Å². The van der Waals surface area contributed by atoms with Gasteiger partial charge in [-0.25, -0.2) is 4.98 Å². The first-order valence-electron chi connectivity index (χ1n) is 8.13. The van der Waals surface area contributed by atoms with Crippen LogP contribution >= 0.6 is 0 Å². The van der Waals surface area contributed by atoms with Crippen molar-refractivity contribution >= 4 is 11.8 Å². The largest absolute Gasteiger partial charge is 0.481 e. The molecule has 6 heteroatoms. The number of carbonyl (C=O) groups excluding carboxylic acids is 1. The molecule has 1 unspecified atom stereocenters. The fraction of sp³-hybridized carbons (Fsp3) is 0.500. The van der Waals surface area contributed by atoms with Gasteiger partial charge in [-0.15, -0.1) is 0 Å². The highest BCUT2D eigenvalue weighted by atomic mass is 16.5. The Kier molecular flexibility index (Phi) is 5.59. The summed E-state index contributed by atoms with van der Waals surface area (Å²) in [5, 5.41) is 6.85. The summed E-state index contributed by atoms with van der Waals surface area (Å²) < 4.78 is 10.4. The van der Waals surface area contributed by atoms with Gasteiger partial charge in [-0.1, -0.05) is 39.3 Å². The number of rotatable bonds is 6. The Bertz CT molecular complexity index is 689. The Balaban J connectivity index is 2.18. The van der Waals surface area contributed by atoms with E-state index in [1.165, 1.54) is 0 Å². The van der Waals surface area contributed by atoms with Crippen LogP contribution in [0.15, 0.2) is 28.9 Å². The van der Waals surface area contributed by atoms with E-state index in [0.717, 1.165) is 24.1 Å². The van der Waals surface area contributed by atoms with E-state index in [0.29, 0.717) is 11.8 Å². The highest BCUT2D eigenvalue weighted by Gasteiger charge is 2.24. The normalized spacial score (nSPS) is 12.7. The quantitative estimate of drug-likeness (QED) is 0.868. The zero-order valence-electron chi connectivity index (χ0n) is 14.9. The van der Waals surface area contributed by atoms with Crippen molar-refractivity contribution in [2.24, 2.45) is 0 Å². The number of methoxy groups -OCH3 is 1. The number of pyridine rings is 1. The van der Waals surface area contributed by atoms with Crippen molar-refractivity contribution in [3.8, 4) is 5.88 Å². The molecular formula is C18H25N3O3. The van der Waals surface area contributed by atoms with E-state index in [9.17, 15) is 4.79 Å². The minimum Gasteiger partial charge on any atom is -0.481 e. The van der Waals surface area contributed by atoms with Crippen molar-refractivity contribution in [3.05, 3.63) is 35.7 Å². The van der Waals surface area contributed by atoms with Gasteiger partial charge in [-0.3, -0.25) is 10.1 Å². The lowest BCUT2D eigenvalue weighted by Gasteiger charge is -2.16. The van der Waals surface area contributed by atoms with Crippen molar-refractivity contribution in [1.29, 1.82) is 0 Å². The molecule has 2 rings (SSSR count). The first kappa shape index (κ1) is 18.0. The number of carbonyl (C=O) groups is 1. The van der Waals surface area contributed by atoms with Gasteiger partial charge in [-0.05, 0) is 18.1 Å². The summed E-state index contributed by atoms with van der Waals surface area (Å²) in [7, 11) is 1.56. The van der Waals surface area contributed by atoms with Gasteiger partial charge in [0.1, 0.15) is 0 Å². The minimum absolute atomic E-state index is 0.123. The Morgan fingerprint density at radius 3 is 2.71 bits per heavy atom. The first-order valence-corrected chi connectivity index (χ1v) is 8.13. The van der Waals surface area contributed by atoms with E-state index < -0.39 is 0 Å². The molecule has 6 nitrogen and oxygen atoms in total. The van der Waals surface area contributed by atoms with Crippen molar-refractivity contribution < 1.29 is 14.1 Å². The molecule has 1 amide bonds. The third-order valence-corrected chi connectivity index (χ3v) is 3.79. The molecule has 2 aromatic rings. The number of nitrogens with zero attached hydrogens (tertiary/aromatic N) is 2. The first-order chi connectivity index (χ1) is 11.3. The lowest BCUT2D eigenvalue weighted by molar-refractivity contribution is -0.117. The summed E-state index contributed by atoms with van der Waals surface area (Å²) in [5.74, 6) is 0.444. The molecular weight excluding hydrogens is 306 g/mol. The Morgan fingerprint density at radius 2 is 2.12 bits per heavy atom. The Morgan fingerprint density at radius 1 is 1.38 bits per heavy atom. The van der Waals surface area contributed by atoms with Gasteiger partial charge in [-0.2, -0.15) is 0 Å². The third-order valence-electron chi connectivity index (χ3n) is 3.79. The summed E-state index contributed by atoms with van der Waals surface area (Å²) in [6.45, 7) is 8.17. The van der Waals surface area contributed by atoms with Crippen LogP contribution in [0.5, 0.6) is 5.88 Å². The molecule has 0 aliphatic heterocycles. The average molecular weight is 331 g/mol. The number of anilines is 1. The lowest BCUT2D eigenvalue weighted by atomic mass is 9.92. The maximum atomic E-state index is 12.7. The number of nitrogens with one attached hydrogen (secondary N) is 1. The highest BCUT2D eigenvalue weighted by Crippen LogP contribution is 2.27. The van der Waals surface area contributed by atoms with Crippen LogP contribution in [0.2, 0.25) is 0 Å². The molecule has 130 valence electrons.